The SMILES string of the molecule is CC1=CC(C)=C2C(C)=CC=C3COC(=O)C3=C2C(C)=C1. The average molecular weight is 266 g/mol. The number of fused-ring (bicyclic) bond motifs is 2. The van der Waals surface area contributed by atoms with Crippen LogP contribution >= 0.6 is 0 Å². The highest BCUT2D eigenvalue weighted by Crippen LogP contribution is 2.40. The molecule has 0 aromatic carbocycles. The van der Waals surface area contributed by atoms with E-state index in [-0.39, 0.29) is 5.97 Å². The number of ether oxygens (including phenoxy) is 1. The number of cyclic esters (lactones) is 1. The van der Waals surface area contributed by atoms with E-state index in [1.807, 2.05) is 6.08 Å². The van der Waals surface area contributed by atoms with Crippen LogP contribution < -0.4 is 0 Å². The lowest BCUT2D eigenvalue weighted by molar-refractivity contribution is -0.135. The van der Waals surface area contributed by atoms with Gasteiger partial charge in [0.05, 0.1) is 5.57 Å². The summed E-state index contributed by atoms with van der Waals surface area (Å²) in [5.74, 6) is -0.202. The maximum Gasteiger partial charge on any atom is 0.339 e. The van der Waals surface area contributed by atoms with Crippen LogP contribution in [0.1, 0.15) is 27.7 Å². The van der Waals surface area contributed by atoms with Crippen molar-refractivity contribution in [3.63, 3.8) is 0 Å². The van der Waals surface area contributed by atoms with Gasteiger partial charge in [-0.15, -0.1) is 0 Å². The molecule has 1 fully saturated rings. The van der Waals surface area contributed by atoms with Gasteiger partial charge in [-0.3, -0.25) is 0 Å². The molecule has 0 atom stereocenters. The van der Waals surface area contributed by atoms with Crippen LogP contribution in [0.3, 0.4) is 0 Å². The van der Waals surface area contributed by atoms with Gasteiger partial charge in [0.25, 0.3) is 0 Å². The lowest BCUT2D eigenvalue weighted by Gasteiger charge is -2.15. The van der Waals surface area contributed by atoms with Crippen molar-refractivity contribution in [1.29, 1.82) is 0 Å². The molecule has 3 aliphatic rings. The molecule has 20 heavy (non-hydrogen) atoms. The normalized spacial score (nSPS) is 22.1. The molecule has 3 rings (SSSR count). The fraction of sp³-hybridized carbons (Fsp3) is 0.278. The van der Waals surface area contributed by atoms with Gasteiger partial charge in [-0.2, -0.15) is 0 Å². The van der Waals surface area contributed by atoms with Gasteiger partial charge in [-0.25, -0.2) is 4.79 Å². The summed E-state index contributed by atoms with van der Waals surface area (Å²) < 4.78 is 5.23. The summed E-state index contributed by atoms with van der Waals surface area (Å²) in [7, 11) is 0. The van der Waals surface area contributed by atoms with Crippen LogP contribution in [-0.4, -0.2) is 12.6 Å². The first kappa shape index (κ1) is 12.9. The summed E-state index contributed by atoms with van der Waals surface area (Å²) in [4.78, 5) is 12.2. The third-order valence-electron chi connectivity index (χ3n) is 3.99. The van der Waals surface area contributed by atoms with E-state index >= 15 is 0 Å². The molecule has 1 aliphatic heterocycles. The van der Waals surface area contributed by atoms with E-state index in [4.69, 9.17) is 4.74 Å². The highest BCUT2D eigenvalue weighted by molar-refractivity contribution is 6.00. The Morgan fingerprint density at radius 3 is 2.40 bits per heavy atom. The maximum absolute atomic E-state index is 12.2. The summed E-state index contributed by atoms with van der Waals surface area (Å²) in [6, 6.07) is 0. The van der Waals surface area contributed by atoms with Crippen molar-refractivity contribution < 1.29 is 9.53 Å². The molecule has 0 aromatic heterocycles. The Morgan fingerprint density at radius 2 is 1.65 bits per heavy atom. The third kappa shape index (κ3) is 1.83. The van der Waals surface area contributed by atoms with Crippen LogP contribution in [0.5, 0.6) is 0 Å². The Morgan fingerprint density at radius 1 is 0.900 bits per heavy atom. The molecule has 0 amide bonds. The second-order valence-corrected chi connectivity index (χ2v) is 5.64. The van der Waals surface area contributed by atoms with E-state index in [1.165, 1.54) is 16.7 Å². The van der Waals surface area contributed by atoms with E-state index in [0.717, 1.165) is 27.9 Å². The predicted molar refractivity (Wildman–Crippen MR) is 80.0 cm³/mol. The van der Waals surface area contributed by atoms with Crippen molar-refractivity contribution >= 4 is 5.97 Å². The Labute approximate surface area is 119 Å². The molecule has 1 saturated heterocycles. The Balaban J connectivity index is 2.42. The minimum Gasteiger partial charge on any atom is -0.457 e. The lowest BCUT2D eigenvalue weighted by atomic mass is 9.87. The fourth-order valence-corrected chi connectivity index (χ4v) is 3.22. The first-order valence-electron chi connectivity index (χ1n) is 6.87. The van der Waals surface area contributed by atoms with Crippen LogP contribution in [-0.2, 0) is 9.53 Å². The van der Waals surface area contributed by atoms with E-state index in [9.17, 15) is 4.79 Å². The van der Waals surface area contributed by atoms with Gasteiger partial charge < -0.3 is 4.74 Å². The number of carbonyl (C=O) groups is 1. The molecule has 0 bridgehead atoms. The van der Waals surface area contributed by atoms with E-state index < -0.39 is 0 Å². The first-order chi connectivity index (χ1) is 9.49. The Bertz CT molecular complexity index is 704. The molecule has 2 heteroatoms. The van der Waals surface area contributed by atoms with Gasteiger partial charge >= 0.3 is 5.97 Å². The number of hydrogen-bond donors (Lipinski definition) is 0. The Hall–Kier alpha value is -2.09. The van der Waals surface area contributed by atoms with E-state index in [2.05, 4.69) is 45.9 Å². The smallest absolute Gasteiger partial charge is 0.339 e. The van der Waals surface area contributed by atoms with Gasteiger partial charge in [-0.1, -0.05) is 29.9 Å². The first-order valence-corrected chi connectivity index (χ1v) is 6.87. The van der Waals surface area contributed by atoms with Gasteiger partial charge in [0, 0.05) is 11.1 Å². The van der Waals surface area contributed by atoms with Crippen molar-refractivity contribution in [2.24, 2.45) is 0 Å². The van der Waals surface area contributed by atoms with Crippen LogP contribution in [0.2, 0.25) is 0 Å². The highest BCUT2D eigenvalue weighted by Gasteiger charge is 2.32. The molecule has 0 radical (unpaired) electrons. The van der Waals surface area contributed by atoms with E-state index in [0.29, 0.717) is 6.61 Å². The van der Waals surface area contributed by atoms with Crippen LogP contribution in [0, 0.1) is 0 Å². The van der Waals surface area contributed by atoms with Gasteiger partial charge in [0.2, 0.25) is 0 Å². The maximum atomic E-state index is 12.2. The van der Waals surface area contributed by atoms with Gasteiger partial charge in [0.1, 0.15) is 6.61 Å². The molecular formula is C18H18O2. The van der Waals surface area contributed by atoms with E-state index in [1.54, 1.807) is 0 Å². The summed E-state index contributed by atoms with van der Waals surface area (Å²) in [5.41, 5.74) is 8.65. The van der Waals surface area contributed by atoms with Crippen molar-refractivity contribution in [2.75, 3.05) is 6.61 Å². The molecule has 1 heterocycles. The fourth-order valence-electron chi connectivity index (χ4n) is 3.22. The average Bonchev–Trinajstić information content (AvgIpc) is 2.58. The molecule has 102 valence electrons. The monoisotopic (exact) mass is 266 g/mol. The topological polar surface area (TPSA) is 26.3 Å². The number of carbonyl (C=O) groups excluding carboxylic acids is 1. The molecule has 2 aliphatic carbocycles. The quantitative estimate of drug-likeness (QED) is 0.621. The molecule has 2 nitrogen and oxygen atoms in total. The minimum absolute atomic E-state index is 0.202. The Kier molecular flexibility index (Phi) is 2.89. The van der Waals surface area contributed by atoms with Crippen molar-refractivity contribution in [1.82, 2.24) is 0 Å². The highest BCUT2D eigenvalue weighted by atomic mass is 16.5. The van der Waals surface area contributed by atoms with Crippen molar-refractivity contribution in [3.8, 4) is 0 Å². The predicted octanol–water partition coefficient (Wildman–Crippen LogP) is 3.95. The molecule has 0 spiro atoms. The third-order valence-corrected chi connectivity index (χ3v) is 3.99. The van der Waals surface area contributed by atoms with Crippen molar-refractivity contribution in [2.45, 2.75) is 27.7 Å². The van der Waals surface area contributed by atoms with Gasteiger partial charge in [-0.05, 0) is 50.0 Å². The van der Waals surface area contributed by atoms with Gasteiger partial charge in [0.15, 0.2) is 0 Å². The number of esters is 1. The molecular weight excluding hydrogens is 248 g/mol. The second-order valence-electron chi connectivity index (χ2n) is 5.64. The molecule has 0 aromatic rings. The largest absolute Gasteiger partial charge is 0.457 e. The summed E-state index contributed by atoms with van der Waals surface area (Å²) in [6.45, 7) is 8.75. The summed E-state index contributed by atoms with van der Waals surface area (Å²) >= 11 is 0. The zero-order valence-corrected chi connectivity index (χ0v) is 12.3. The zero-order chi connectivity index (χ0) is 14.4. The standard InChI is InChI=1S/C18H18O2/c1-10-7-12(3)15-11(2)5-6-14-9-20-18(19)17(14)16(15)13(4)8-10/h5-8H,9H2,1-4H3. The van der Waals surface area contributed by atoms with Crippen LogP contribution in [0.4, 0.5) is 0 Å². The summed E-state index contributed by atoms with van der Waals surface area (Å²) in [5, 5.41) is 0. The van der Waals surface area contributed by atoms with Crippen molar-refractivity contribution in [3.05, 3.63) is 68.9 Å². The second kappa shape index (κ2) is 4.48. The molecule has 0 saturated carbocycles. The summed E-state index contributed by atoms with van der Waals surface area (Å²) in [6.07, 6.45) is 8.42. The molecule has 0 unspecified atom stereocenters. The molecule has 0 N–H and O–H groups in total. The number of hydrogen-bond acceptors (Lipinski definition) is 2. The van der Waals surface area contributed by atoms with Crippen LogP contribution in [0.15, 0.2) is 68.9 Å². The lowest BCUT2D eigenvalue weighted by Crippen LogP contribution is -2.05. The number of allylic oxidation sites excluding steroid dienone is 10. The zero-order valence-electron chi connectivity index (χ0n) is 12.3. The minimum atomic E-state index is -0.202. The van der Waals surface area contributed by atoms with Crippen LogP contribution in [0.25, 0.3) is 0 Å². The number of rotatable bonds is 0.